The summed E-state index contributed by atoms with van der Waals surface area (Å²) in [5.74, 6) is 1.44. The first-order chi connectivity index (χ1) is 7.27. The van der Waals surface area contributed by atoms with Gasteiger partial charge in [0.2, 0.25) is 5.82 Å². The predicted molar refractivity (Wildman–Crippen MR) is 54.4 cm³/mol. The van der Waals surface area contributed by atoms with Crippen LogP contribution in [0.4, 0.5) is 0 Å². The van der Waals surface area contributed by atoms with Crippen molar-refractivity contribution in [2.45, 2.75) is 20.5 Å². The van der Waals surface area contributed by atoms with Crippen LogP contribution >= 0.6 is 0 Å². The molecule has 1 N–H and O–H groups in total. The summed E-state index contributed by atoms with van der Waals surface area (Å²) in [5, 5.41) is 13.5. The summed E-state index contributed by atoms with van der Waals surface area (Å²) in [6.45, 7) is 4.36. The van der Waals surface area contributed by atoms with E-state index in [2.05, 4.69) is 20.6 Å². The monoisotopic (exact) mass is 204 g/mol. The quantitative estimate of drug-likeness (QED) is 0.820. The molecule has 1 aromatic heterocycles. The fourth-order valence-electron chi connectivity index (χ4n) is 1.41. The van der Waals surface area contributed by atoms with E-state index in [9.17, 15) is 0 Å². The summed E-state index contributed by atoms with van der Waals surface area (Å²) in [5.41, 5.74) is 2.22. The molecule has 0 bridgehead atoms. The second-order valence-corrected chi connectivity index (χ2v) is 3.34. The molecule has 0 aliphatic carbocycles. The molecule has 0 unspecified atom stereocenters. The highest BCUT2D eigenvalue weighted by Gasteiger charge is 2.05. The Labute approximate surface area is 87.5 Å². The smallest absolute Gasteiger partial charge is 0.211 e. The third-order valence-corrected chi connectivity index (χ3v) is 2.14. The molecule has 15 heavy (non-hydrogen) atoms. The van der Waals surface area contributed by atoms with Gasteiger partial charge in [-0.3, -0.25) is 0 Å². The minimum absolute atomic E-state index is 0.336. The molecule has 0 aliphatic rings. The van der Waals surface area contributed by atoms with Gasteiger partial charge in [0.25, 0.3) is 0 Å². The molecule has 1 aromatic carbocycles. The van der Waals surface area contributed by atoms with E-state index >= 15 is 0 Å². The lowest BCUT2D eigenvalue weighted by atomic mass is 10.1. The van der Waals surface area contributed by atoms with Gasteiger partial charge in [-0.1, -0.05) is 23.4 Å². The number of H-pyrrole nitrogens is 1. The van der Waals surface area contributed by atoms with E-state index in [4.69, 9.17) is 4.74 Å². The Morgan fingerprint density at radius 1 is 1.27 bits per heavy atom. The van der Waals surface area contributed by atoms with E-state index in [0.717, 1.165) is 16.9 Å². The number of rotatable bonds is 3. The van der Waals surface area contributed by atoms with Gasteiger partial charge in [0.1, 0.15) is 5.75 Å². The Hall–Kier alpha value is -1.91. The molecule has 0 saturated carbocycles. The van der Waals surface area contributed by atoms with Crippen molar-refractivity contribution >= 4 is 0 Å². The number of tetrazole rings is 1. The summed E-state index contributed by atoms with van der Waals surface area (Å²) in [7, 11) is 0. The average molecular weight is 204 g/mol. The lowest BCUT2D eigenvalue weighted by molar-refractivity contribution is 0.292. The summed E-state index contributed by atoms with van der Waals surface area (Å²) < 4.78 is 5.63. The van der Waals surface area contributed by atoms with E-state index in [0.29, 0.717) is 12.4 Å². The van der Waals surface area contributed by atoms with E-state index in [-0.39, 0.29) is 0 Å². The van der Waals surface area contributed by atoms with Crippen LogP contribution in [0.3, 0.4) is 0 Å². The molecular weight excluding hydrogens is 192 g/mol. The number of aromatic amines is 1. The van der Waals surface area contributed by atoms with Crippen molar-refractivity contribution < 1.29 is 4.74 Å². The van der Waals surface area contributed by atoms with E-state index < -0.39 is 0 Å². The number of benzene rings is 1. The number of aromatic nitrogens is 4. The first-order valence-electron chi connectivity index (χ1n) is 4.68. The van der Waals surface area contributed by atoms with Crippen LogP contribution < -0.4 is 4.74 Å². The van der Waals surface area contributed by atoms with Crippen molar-refractivity contribution in [1.29, 1.82) is 0 Å². The maximum Gasteiger partial charge on any atom is 0.211 e. The van der Waals surface area contributed by atoms with Crippen LogP contribution in [0.25, 0.3) is 0 Å². The van der Waals surface area contributed by atoms with E-state index in [1.807, 2.05) is 32.0 Å². The lowest BCUT2D eigenvalue weighted by Gasteiger charge is -2.09. The molecule has 5 nitrogen and oxygen atoms in total. The van der Waals surface area contributed by atoms with Gasteiger partial charge in [-0.2, -0.15) is 5.21 Å². The highest BCUT2D eigenvalue weighted by molar-refractivity contribution is 5.39. The Kier molecular flexibility index (Phi) is 2.62. The SMILES string of the molecule is Cc1cccc(C)c1OCc1nn[nH]n1. The number of nitrogens with zero attached hydrogens (tertiary/aromatic N) is 3. The zero-order chi connectivity index (χ0) is 10.7. The normalized spacial score (nSPS) is 10.3. The van der Waals surface area contributed by atoms with E-state index in [1.165, 1.54) is 0 Å². The second-order valence-electron chi connectivity index (χ2n) is 3.34. The first-order valence-corrected chi connectivity index (χ1v) is 4.68. The molecule has 2 rings (SSSR count). The van der Waals surface area contributed by atoms with Crippen molar-refractivity contribution in [2.24, 2.45) is 0 Å². The van der Waals surface area contributed by atoms with Crippen LogP contribution in [0.15, 0.2) is 18.2 Å². The molecule has 0 atom stereocenters. The van der Waals surface area contributed by atoms with Crippen molar-refractivity contribution in [3.8, 4) is 5.75 Å². The average Bonchev–Trinajstić information content (AvgIpc) is 2.70. The van der Waals surface area contributed by atoms with Gasteiger partial charge in [0.05, 0.1) is 0 Å². The first kappa shape index (κ1) is 9.64. The predicted octanol–water partition coefficient (Wildman–Crippen LogP) is 1.40. The molecule has 78 valence electrons. The number of aryl methyl sites for hydroxylation is 2. The van der Waals surface area contributed by atoms with Gasteiger partial charge in [-0.25, -0.2) is 0 Å². The zero-order valence-electron chi connectivity index (χ0n) is 8.69. The van der Waals surface area contributed by atoms with Gasteiger partial charge in [-0.05, 0) is 25.0 Å². The topological polar surface area (TPSA) is 63.7 Å². The second kappa shape index (κ2) is 4.08. The van der Waals surface area contributed by atoms with Crippen LogP contribution in [-0.4, -0.2) is 20.6 Å². The van der Waals surface area contributed by atoms with Gasteiger partial charge >= 0.3 is 0 Å². The van der Waals surface area contributed by atoms with Crippen molar-refractivity contribution in [3.63, 3.8) is 0 Å². The largest absolute Gasteiger partial charge is 0.485 e. The minimum atomic E-state index is 0.336. The summed E-state index contributed by atoms with van der Waals surface area (Å²) in [6.07, 6.45) is 0. The maximum atomic E-state index is 5.63. The molecule has 2 aromatic rings. The van der Waals surface area contributed by atoms with Crippen LogP contribution in [0.5, 0.6) is 5.75 Å². The third kappa shape index (κ3) is 2.12. The van der Waals surface area contributed by atoms with Crippen molar-refractivity contribution in [1.82, 2.24) is 20.6 Å². The number of ether oxygens (including phenoxy) is 1. The maximum absolute atomic E-state index is 5.63. The van der Waals surface area contributed by atoms with Crippen molar-refractivity contribution in [3.05, 3.63) is 35.2 Å². The highest BCUT2D eigenvalue weighted by atomic mass is 16.5. The van der Waals surface area contributed by atoms with Crippen molar-refractivity contribution in [2.75, 3.05) is 0 Å². The van der Waals surface area contributed by atoms with E-state index in [1.54, 1.807) is 0 Å². The van der Waals surface area contributed by atoms with Crippen LogP contribution in [0, 0.1) is 13.8 Å². The number of nitrogens with one attached hydrogen (secondary N) is 1. The number of hydrogen-bond donors (Lipinski definition) is 1. The van der Waals surface area contributed by atoms with Gasteiger partial charge in [-0.15, -0.1) is 10.2 Å². The molecule has 0 aliphatic heterocycles. The molecule has 0 amide bonds. The Bertz CT molecular complexity index is 418. The zero-order valence-corrected chi connectivity index (χ0v) is 8.69. The standard InChI is InChI=1S/C10H12N4O/c1-7-4-3-5-8(2)10(7)15-6-9-11-13-14-12-9/h3-5H,6H2,1-2H3,(H,11,12,13,14). The van der Waals surface area contributed by atoms with Crippen LogP contribution in [0.1, 0.15) is 17.0 Å². The Balaban J connectivity index is 2.11. The molecule has 0 spiro atoms. The summed E-state index contributed by atoms with van der Waals surface area (Å²) >= 11 is 0. The molecule has 1 heterocycles. The third-order valence-electron chi connectivity index (χ3n) is 2.14. The molecule has 0 radical (unpaired) electrons. The number of para-hydroxylation sites is 1. The Morgan fingerprint density at radius 2 is 2.00 bits per heavy atom. The Morgan fingerprint density at radius 3 is 2.60 bits per heavy atom. The molecule has 0 saturated heterocycles. The van der Waals surface area contributed by atoms with Crippen LogP contribution in [-0.2, 0) is 6.61 Å². The minimum Gasteiger partial charge on any atom is -0.485 e. The van der Waals surface area contributed by atoms with Crippen LogP contribution in [0.2, 0.25) is 0 Å². The highest BCUT2D eigenvalue weighted by Crippen LogP contribution is 2.22. The molecule has 0 fully saturated rings. The summed E-state index contributed by atoms with van der Waals surface area (Å²) in [4.78, 5) is 0. The summed E-state index contributed by atoms with van der Waals surface area (Å²) in [6, 6.07) is 6.03. The van der Waals surface area contributed by atoms with Gasteiger partial charge in [0, 0.05) is 0 Å². The van der Waals surface area contributed by atoms with Gasteiger partial charge < -0.3 is 4.74 Å². The fourth-order valence-corrected chi connectivity index (χ4v) is 1.41. The molecular formula is C10H12N4O. The fraction of sp³-hybridized carbons (Fsp3) is 0.300. The number of hydrogen-bond acceptors (Lipinski definition) is 4. The van der Waals surface area contributed by atoms with Gasteiger partial charge in [0.15, 0.2) is 6.61 Å². The lowest BCUT2D eigenvalue weighted by Crippen LogP contribution is -2.00. The molecule has 5 heteroatoms.